The van der Waals surface area contributed by atoms with Gasteiger partial charge in [0, 0.05) is 48.0 Å². The molecule has 188 valence electrons. The molecule has 7 nitrogen and oxygen atoms in total. The number of carbonyl (C=O) groups is 1. The lowest BCUT2D eigenvalue weighted by Crippen LogP contribution is -2.36. The summed E-state index contributed by atoms with van der Waals surface area (Å²) >= 11 is 0. The fraction of sp³-hybridized carbons (Fsp3) is 0.267. The number of rotatable bonds is 6. The van der Waals surface area contributed by atoms with Crippen LogP contribution >= 0.6 is 0 Å². The summed E-state index contributed by atoms with van der Waals surface area (Å²) in [5.41, 5.74) is 6.96. The van der Waals surface area contributed by atoms with Crippen LogP contribution < -0.4 is 15.5 Å². The second kappa shape index (κ2) is 10.5. The monoisotopic (exact) mass is 493 g/mol. The molecule has 1 saturated heterocycles. The maximum absolute atomic E-state index is 13.0. The van der Waals surface area contributed by atoms with Crippen molar-refractivity contribution in [1.82, 2.24) is 9.78 Å². The second-order valence-electron chi connectivity index (χ2n) is 9.65. The van der Waals surface area contributed by atoms with Crippen LogP contribution in [0.2, 0.25) is 0 Å². The zero-order valence-corrected chi connectivity index (χ0v) is 20.8. The van der Waals surface area contributed by atoms with E-state index in [2.05, 4.69) is 46.0 Å². The van der Waals surface area contributed by atoms with Crippen LogP contribution in [0, 0.1) is 0 Å². The number of hydrogen-bond donors (Lipinski definition) is 2. The minimum Gasteiger partial charge on any atom is -0.382 e. The van der Waals surface area contributed by atoms with Gasteiger partial charge in [-0.15, -0.1) is 0 Å². The highest BCUT2D eigenvalue weighted by molar-refractivity contribution is 6.04. The van der Waals surface area contributed by atoms with Crippen LogP contribution in [0.25, 0.3) is 5.69 Å². The molecule has 0 spiro atoms. The Labute approximate surface area is 217 Å². The number of para-hydroxylation sites is 1. The summed E-state index contributed by atoms with van der Waals surface area (Å²) in [4.78, 5) is 15.3. The molecule has 3 aromatic carbocycles. The summed E-state index contributed by atoms with van der Waals surface area (Å²) in [5.74, 6) is -0.134. The summed E-state index contributed by atoms with van der Waals surface area (Å²) in [6.07, 6.45) is 5.03. The van der Waals surface area contributed by atoms with Gasteiger partial charge in [-0.05, 0) is 79.4 Å². The molecule has 1 fully saturated rings. The van der Waals surface area contributed by atoms with Gasteiger partial charge in [-0.3, -0.25) is 4.79 Å². The van der Waals surface area contributed by atoms with E-state index in [9.17, 15) is 4.79 Å². The van der Waals surface area contributed by atoms with Crippen LogP contribution in [0.1, 0.15) is 28.0 Å². The molecule has 0 saturated carbocycles. The minimum atomic E-state index is -0.134. The van der Waals surface area contributed by atoms with Crippen molar-refractivity contribution in [1.29, 1.82) is 0 Å². The van der Waals surface area contributed by atoms with Gasteiger partial charge in [-0.1, -0.05) is 24.3 Å². The fourth-order valence-corrected chi connectivity index (χ4v) is 5.10. The number of carbonyl (C=O) groups excluding carboxylic acids is 1. The van der Waals surface area contributed by atoms with Crippen molar-refractivity contribution in [2.75, 3.05) is 41.8 Å². The molecular weight excluding hydrogens is 462 g/mol. The molecule has 37 heavy (non-hydrogen) atoms. The molecule has 1 atom stereocenters. The predicted octanol–water partition coefficient (Wildman–Crippen LogP) is 4.93. The lowest BCUT2D eigenvalue weighted by molar-refractivity contribution is 0.102. The third kappa shape index (κ3) is 5.37. The van der Waals surface area contributed by atoms with E-state index >= 15 is 0 Å². The van der Waals surface area contributed by atoms with E-state index in [1.165, 1.54) is 5.56 Å². The summed E-state index contributed by atoms with van der Waals surface area (Å²) in [6, 6.07) is 26.4. The van der Waals surface area contributed by atoms with Crippen LogP contribution in [0.3, 0.4) is 0 Å². The van der Waals surface area contributed by atoms with Crippen LogP contribution in [-0.4, -0.2) is 48.0 Å². The van der Waals surface area contributed by atoms with Gasteiger partial charge in [-0.25, -0.2) is 4.68 Å². The minimum absolute atomic E-state index is 0.134. The lowest BCUT2D eigenvalue weighted by atomic mass is 9.93. The van der Waals surface area contributed by atoms with E-state index in [-0.39, 0.29) is 5.91 Å². The maximum Gasteiger partial charge on any atom is 0.255 e. The second-order valence-corrected chi connectivity index (χ2v) is 9.65. The molecule has 1 aliphatic heterocycles. The SMILES string of the molecule is O=C(Nc1ccc(N2CCOCC2)cc1)c1cccc(-n2cc3c(n2)CCC(Nc2ccccc2)C3)c1. The number of hydrogen-bond acceptors (Lipinski definition) is 5. The van der Waals surface area contributed by atoms with Crippen molar-refractivity contribution < 1.29 is 9.53 Å². The predicted molar refractivity (Wildman–Crippen MR) is 147 cm³/mol. The molecule has 4 aromatic rings. The number of aryl methyl sites for hydroxylation is 1. The Morgan fingerprint density at radius 2 is 1.70 bits per heavy atom. The Kier molecular flexibility index (Phi) is 6.60. The van der Waals surface area contributed by atoms with E-state index in [1.54, 1.807) is 0 Å². The molecule has 1 amide bonds. The first-order valence-electron chi connectivity index (χ1n) is 12.9. The largest absolute Gasteiger partial charge is 0.382 e. The smallest absolute Gasteiger partial charge is 0.255 e. The number of fused-ring (bicyclic) bond motifs is 1. The van der Waals surface area contributed by atoms with E-state index in [0.29, 0.717) is 11.6 Å². The molecule has 1 unspecified atom stereocenters. The molecule has 0 bridgehead atoms. The number of morpholine rings is 1. The fourth-order valence-electron chi connectivity index (χ4n) is 5.10. The van der Waals surface area contributed by atoms with Crippen LogP contribution in [-0.2, 0) is 17.6 Å². The number of anilines is 3. The quantitative estimate of drug-likeness (QED) is 0.399. The molecular formula is C30H31N5O2. The van der Waals surface area contributed by atoms with E-state index in [0.717, 1.165) is 74.0 Å². The molecule has 6 rings (SSSR count). The van der Waals surface area contributed by atoms with Crippen molar-refractivity contribution >= 4 is 23.0 Å². The number of nitrogens with one attached hydrogen (secondary N) is 2. The van der Waals surface area contributed by atoms with Gasteiger partial charge in [0.25, 0.3) is 5.91 Å². The van der Waals surface area contributed by atoms with Crippen molar-refractivity contribution in [2.45, 2.75) is 25.3 Å². The summed E-state index contributed by atoms with van der Waals surface area (Å²) in [7, 11) is 0. The highest BCUT2D eigenvalue weighted by atomic mass is 16.5. The van der Waals surface area contributed by atoms with Crippen molar-refractivity contribution in [3.8, 4) is 5.69 Å². The maximum atomic E-state index is 13.0. The van der Waals surface area contributed by atoms with Gasteiger partial charge in [0.15, 0.2) is 0 Å². The molecule has 2 aliphatic rings. The molecule has 2 N–H and O–H groups in total. The van der Waals surface area contributed by atoms with Crippen LogP contribution in [0.15, 0.2) is 85.1 Å². The highest BCUT2D eigenvalue weighted by Gasteiger charge is 2.22. The number of ether oxygens (including phenoxy) is 1. The number of benzene rings is 3. The van der Waals surface area contributed by atoms with Gasteiger partial charge >= 0.3 is 0 Å². The van der Waals surface area contributed by atoms with E-state index in [1.807, 2.05) is 59.3 Å². The van der Waals surface area contributed by atoms with Crippen LogP contribution in [0.4, 0.5) is 17.1 Å². The van der Waals surface area contributed by atoms with Gasteiger partial charge in [0.05, 0.1) is 24.6 Å². The Hall–Kier alpha value is -4.10. The van der Waals surface area contributed by atoms with Gasteiger partial charge < -0.3 is 20.3 Å². The van der Waals surface area contributed by atoms with Crippen molar-refractivity contribution in [3.63, 3.8) is 0 Å². The first-order valence-corrected chi connectivity index (χ1v) is 12.9. The van der Waals surface area contributed by atoms with E-state index < -0.39 is 0 Å². The molecule has 1 aromatic heterocycles. The average Bonchev–Trinajstić information content (AvgIpc) is 3.38. The Morgan fingerprint density at radius 3 is 2.51 bits per heavy atom. The molecule has 7 heteroatoms. The van der Waals surface area contributed by atoms with E-state index in [4.69, 9.17) is 9.84 Å². The zero-order valence-electron chi connectivity index (χ0n) is 20.8. The molecule has 0 radical (unpaired) electrons. The summed E-state index contributed by atoms with van der Waals surface area (Å²) < 4.78 is 7.34. The third-order valence-corrected chi connectivity index (χ3v) is 7.09. The average molecular weight is 494 g/mol. The number of aromatic nitrogens is 2. The summed E-state index contributed by atoms with van der Waals surface area (Å²) in [6.45, 7) is 3.28. The normalized spacial score (nSPS) is 17.2. The van der Waals surface area contributed by atoms with Gasteiger partial charge in [-0.2, -0.15) is 5.10 Å². The molecule has 1 aliphatic carbocycles. The Bertz CT molecular complexity index is 1360. The lowest BCUT2D eigenvalue weighted by Gasteiger charge is -2.28. The topological polar surface area (TPSA) is 71.4 Å². The molecule has 2 heterocycles. The first kappa shape index (κ1) is 23.3. The Balaban J connectivity index is 1.12. The first-order chi connectivity index (χ1) is 18.2. The van der Waals surface area contributed by atoms with Crippen molar-refractivity contribution in [2.24, 2.45) is 0 Å². The standard InChI is InChI=1S/C30H31N5O2/c36-30(32-25-9-12-27(13-10-25)34-15-17-37-18-16-34)22-5-4-8-28(20-22)35-21-23-19-26(11-14-29(23)33-35)31-24-6-2-1-3-7-24/h1-10,12-13,20-21,26,31H,11,14-19H2,(H,32,36). The zero-order chi connectivity index (χ0) is 25.0. The van der Waals surface area contributed by atoms with Crippen LogP contribution in [0.5, 0.6) is 0 Å². The number of amides is 1. The van der Waals surface area contributed by atoms with Gasteiger partial charge in [0.2, 0.25) is 0 Å². The van der Waals surface area contributed by atoms with Crippen molar-refractivity contribution in [3.05, 3.63) is 102 Å². The highest BCUT2D eigenvalue weighted by Crippen LogP contribution is 2.25. The third-order valence-electron chi connectivity index (χ3n) is 7.09. The number of nitrogens with zero attached hydrogens (tertiary/aromatic N) is 3. The van der Waals surface area contributed by atoms with Gasteiger partial charge in [0.1, 0.15) is 0 Å². The summed E-state index contributed by atoms with van der Waals surface area (Å²) in [5, 5.41) is 11.5. The Morgan fingerprint density at radius 1 is 0.892 bits per heavy atom.